The first kappa shape index (κ1) is 17.3. The summed E-state index contributed by atoms with van der Waals surface area (Å²) in [5.74, 6) is 0. The Morgan fingerprint density at radius 3 is 2.50 bits per heavy atom. The van der Waals surface area contributed by atoms with Crippen molar-refractivity contribution in [1.82, 2.24) is 9.55 Å². The molecular weight excluding hydrogens is 432 g/mol. The molecule has 0 saturated heterocycles. The molecule has 124 valence electrons. The molecule has 2 aromatic carbocycles. The molecule has 4 aromatic rings. The topological polar surface area (TPSA) is 29.9 Å². The highest BCUT2D eigenvalue weighted by Gasteiger charge is 2.00. The van der Waals surface area contributed by atoms with Crippen molar-refractivity contribution in [3.05, 3.63) is 69.9 Å². The highest BCUT2D eigenvalue weighted by atomic mass is 79.9. The summed E-state index contributed by atoms with van der Waals surface area (Å²) >= 11 is 6.86. The van der Waals surface area contributed by atoms with E-state index in [9.17, 15) is 0 Å². The first-order chi connectivity index (χ1) is 11.7. The second-order valence-electron chi connectivity index (χ2n) is 5.41. The molecule has 3 nitrogen and oxygen atoms in total. The number of H-pyrrole nitrogens is 1. The van der Waals surface area contributed by atoms with Gasteiger partial charge in [-0.05, 0) is 48.5 Å². The summed E-state index contributed by atoms with van der Waals surface area (Å²) in [5, 5.41) is 2.50. The van der Waals surface area contributed by atoms with Gasteiger partial charge in [-0.25, -0.2) is 0 Å². The lowest BCUT2D eigenvalue weighted by Gasteiger charge is -2.03. The molecule has 0 unspecified atom stereocenters. The summed E-state index contributed by atoms with van der Waals surface area (Å²) in [7, 11) is 1.72. The summed E-state index contributed by atoms with van der Waals surface area (Å²) in [6.07, 6.45) is 4.03. The maximum atomic E-state index is 5.06. The number of fused-ring (bicyclic) bond motifs is 2. The van der Waals surface area contributed by atoms with Crippen molar-refractivity contribution < 1.29 is 4.74 Å². The van der Waals surface area contributed by atoms with E-state index in [4.69, 9.17) is 4.74 Å². The lowest BCUT2D eigenvalue weighted by atomic mass is 10.2. The number of ether oxygens (including phenoxy) is 1. The van der Waals surface area contributed by atoms with Crippen molar-refractivity contribution in [1.29, 1.82) is 0 Å². The molecule has 2 aromatic heterocycles. The number of rotatable bonds is 3. The Morgan fingerprint density at radius 2 is 1.71 bits per heavy atom. The number of hydrogen-bond acceptors (Lipinski definition) is 1. The predicted octanol–water partition coefficient (Wildman–Crippen LogP) is 5.98. The molecule has 0 aliphatic rings. The molecule has 2 heterocycles. The van der Waals surface area contributed by atoms with E-state index < -0.39 is 0 Å². The molecule has 0 aliphatic heterocycles. The maximum Gasteiger partial charge on any atom is 0.0641 e. The van der Waals surface area contributed by atoms with Gasteiger partial charge in [-0.2, -0.15) is 0 Å². The van der Waals surface area contributed by atoms with E-state index >= 15 is 0 Å². The first-order valence-electron chi connectivity index (χ1n) is 7.63. The number of nitrogens with one attached hydrogen (secondary N) is 1. The van der Waals surface area contributed by atoms with E-state index in [1.54, 1.807) is 7.11 Å². The number of nitrogens with zero attached hydrogens (tertiary/aromatic N) is 1. The highest BCUT2D eigenvalue weighted by Crippen LogP contribution is 2.20. The second kappa shape index (κ2) is 8.01. The summed E-state index contributed by atoms with van der Waals surface area (Å²) in [6.45, 7) is 1.65. The fourth-order valence-corrected chi connectivity index (χ4v) is 3.34. The van der Waals surface area contributed by atoms with Crippen molar-refractivity contribution in [2.24, 2.45) is 0 Å². The molecule has 5 heteroatoms. The van der Waals surface area contributed by atoms with Gasteiger partial charge in [0.25, 0.3) is 0 Å². The Morgan fingerprint density at radius 1 is 0.958 bits per heavy atom. The third-order valence-electron chi connectivity index (χ3n) is 3.78. The lowest BCUT2D eigenvalue weighted by molar-refractivity contribution is 0.188. The molecule has 0 saturated carbocycles. The molecule has 0 aliphatic carbocycles. The van der Waals surface area contributed by atoms with Crippen LogP contribution in [0, 0.1) is 0 Å². The Labute approximate surface area is 157 Å². The van der Waals surface area contributed by atoms with Crippen molar-refractivity contribution >= 4 is 53.7 Å². The Hall–Kier alpha value is -1.56. The fraction of sp³-hybridized carbons (Fsp3) is 0.158. The average Bonchev–Trinajstić information content (AvgIpc) is 3.19. The summed E-state index contributed by atoms with van der Waals surface area (Å²) < 4.78 is 9.50. The van der Waals surface area contributed by atoms with Gasteiger partial charge in [0.05, 0.1) is 6.61 Å². The number of aromatic nitrogens is 2. The van der Waals surface area contributed by atoms with Gasteiger partial charge in [0.2, 0.25) is 0 Å². The summed E-state index contributed by atoms with van der Waals surface area (Å²) in [6, 6.07) is 16.7. The van der Waals surface area contributed by atoms with Crippen LogP contribution >= 0.6 is 31.9 Å². The standard InChI is InChI=1S/C11H12BrNO.C8H6BrN/c1-14-7-6-13-5-4-9-8-10(12)2-3-11(9)13;9-7-1-2-8-6(5-7)3-4-10-8/h2-5,8H,6-7H2,1H3;1-5,10H. The van der Waals surface area contributed by atoms with Crippen LogP contribution in [0.4, 0.5) is 0 Å². The van der Waals surface area contributed by atoms with Crippen LogP contribution in [0.15, 0.2) is 69.9 Å². The van der Waals surface area contributed by atoms with Crippen LogP contribution in [0.1, 0.15) is 0 Å². The molecule has 1 N–H and O–H groups in total. The summed E-state index contributed by atoms with van der Waals surface area (Å²) in [5.41, 5.74) is 2.44. The minimum atomic E-state index is 0.750. The molecule has 0 fully saturated rings. The Balaban J connectivity index is 0.000000149. The fourth-order valence-electron chi connectivity index (χ4n) is 2.58. The van der Waals surface area contributed by atoms with Crippen molar-refractivity contribution in [3.8, 4) is 0 Å². The smallest absolute Gasteiger partial charge is 0.0641 e. The average molecular weight is 450 g/mol. The van der Waals surface area contributed by atoms with E-state index in [0.717, 1.165) is 22.1 Å². The van der Waals surface area contributed by atoms with Gasteiger partial charge in [-0.1, -0.05) is 31.9 Å². The van der Waals surface area contributed by atoms with Gasteiger partial charge < -0.3 is 14.3 Å². The van der Waals surface area contributed by atoms with Crippen molar-refractivity contribution in [2.45, 2.75) is 6.54 Å². The SMILES string of the molecule is Brc1ccc2[nH]ccc2c1.COCCn1ccc2cc(Br)ccc21. The largest absolute Gasteiger partial charge is 0.383 e. The van der Waals surface area contributed by atoms with Gasteiger partial charge in [-0.15, -0.1) is 0 Å². The van der Waals surface area contributed by atoms with Gasteiger partial charge in [0.15, 0.2) is 0 Å². The molecule has 4 rings (SSSR count). The minimum absolute atomic E-state index is 0.750. The molecule has 0 atom stereocenters. The maximum absolute atomic E-state index is 5.06. The number of methoxy groups -OCH3 is 1. The van der Waals surface area contributed by atoms with E-state index in [0.29, 0.717) is 0 Å². The van der Waals surface area contributed by atoms with Crippen LogP contribution in [-0.2, 0) is 11.3 Å². The van der Waals surface area contributed by atoms with Crippen LogP contribution < -0.4 is 0 Å². The van der Waals surface area contributed by atoms with E-state index in [1.807, 2.05) is 12.3 Å². The monoisotopic (exact) mass is 448 g/mol. The molecule has 0 radical (unpaired) electrons. The quantitative estimate of drug-likeness (QED) is 0.409. The Kier molecular flexibility index (Phi) is 5.76. The van der Waals surface area contributed by atoms with Crippen LogP contribution in [0.25, 0.3) is 21.8 Å². The third kappa shape index (κ3) is 4.09. The normalized spacial score (nSPS) is 10.8. The van der Waals surface area contributed by atoms with Gasteiger partial charge in [-0.3, -0.25) is 0 Å². The molecular formula is C19H18Br2N2O. The molecule has 24 heavy (non-hydrogen) atoms. The lowest BCUT2D eigenvalue weighted by Crippen LogP contribution is -2.02. The van der Waals surface area contributed by atoms with Crippen molar-refractivity contribution in [2.75, 3.05) is 13.7 Å². The molecule has 0 amide bonds. The predicted molar refractivity (Wildman–Crippen MR) is 108 cm³/mol. The minimum Gasteiger partial charge on any atom is -0.383 e. The van der Waals surface area contributed by atoms with Gasteiger partial charge in [0, 0.05) is 56.8 Å². The van der Waals surface area contributed by atoms with Gasteiger partial charge >= 0.3 is 0 Å². The zero-order chi connectivity index (χ0) is 16.9. The van der Waals surface area contributed by atoms with E-state index in [1.165, 1.54) is 21.8 Å². The van der Waals surface area contributed by atoms with Crippen LogP contribution in [0.2, 0.25) is 0 Å². The number of benzene rings is 2. The van der Waals surface area contributed by atoms with Crippen LogP contribution in [0.5, 0.6) is 0 Å². The second-order valence-corrected chi connectivity index (χ2v) is 7.25. The van der Waals surface area contributed by atoms with Crippen molar-refractivity contribution in [3.63, 3.8) is 0 Å². The highest BCUT2D eigenvalue weighted by molar-refractivity contribution is 9.10. The van der Waals surface area contributed by atoms with Gasteiger partial charge in [0.1, 0.15) is 0 Å². The third-order valence-corrected chi connectivity index (χ3v) is 4.77. The molecule has 0 spiro atoms. The summed E-state index contributed by atoms with van der Waals surface area (Å²) in [4.78, 5) is 3.13. The van der Waals surface area contributed by atoms with Crippen LogP contribution in [-0.4, -0.2) is 23.3 Å². The van der Waals surface area contributed by atoms with E-state index in [-0.39, 0.29) is 0 Å². The van der Waals surface area contributed by atoms with Crippen LogP contribution in [0.3, 0.4) is 0 Å². The first-order valence-corrected chi connectivity index (χ1v) is 9.22. The zero-order valence-electron chi connectivity index (χ0n) is 13.3. The number of halogens is 2. The van der Waals surface area contributed by atoms with E-state index in [2.05, 4.69) is 90.1 Å². The Bertz CT molecular complexity index is 943. The number of hydrogen-bond donors (Lipinski definition) is 1. The zero-order valence-corrected chi connectivity index (χ0v) is 16.5. The molecule has 0 bridgehead atoms. The number of aromatic amines is 1.